The predicted octanol–water partition coefficient (Wildman–Crippen LogP) is 7.31. The van der Waals surface area contributed by atoms with E-state index in [1.807, 2.05) is 20.8 Å². The lowest BCUT2D eigenvalue weighted by Gasteiger charge is -2.39. The van der Waals surface area contributed by atoms with Crippen LogP contribution in [0.3, 0.4) is 0 Å². The van der Waals surface area contributed by atoms with Crippen LogP contribution >= 0.6 is 23.2 Å². The average Bonchev–Trinajstić information content (AvgIpc) is 3.45. The molecule has 2 fully saturated rings. The molecule has 3 aliphatic rings. The number of benzene rings is 2. The minimum absolute atomic E-state index is 0.0796. The molecule has 3 aliphatic heterocycles. The van der Waals surface area contributed by atoms with E-state index in [-0.39, 0.29) is 46.6 Å². The lowest BCUT2D eigenvalue weighted by molar-refractivity contribution is -0.193. The van der Waals surface area contributed by atoms with Crippen LogP contribution in [-0.4, -0.2) is 89.2 Å². The molecule has 3 heterocycles. The summed E-state index contributed by atoms with van der Waals surface area (Å²) in [6.07, 6.45) is -11.9. The zero-order chi connectivity index (χ0) is 40.4. The largest absolute Gasteiger partial charge is 0.490 e. The molecule has 1 amide bonds. The van der Waals surface area contributed by atoms with Gasteiger partial charge in [0.05, 0.1) is 17.6 Å². The second-order valence-corrected chi connectivity index (χ2v) is 14.7. The summed E-state index contributed by atoms with van der Waals surface area (Å²) in [5.74, 6) is -7.65. The summed E-state index contributed by atoms with van der Waals surface area (Å²) in [7, 11) is 0. The lowest BCUT2D eigenvalue weighted by atomic mass is 9.62. The minimum Gasteiger partial charge on any atom is -0.475 e. The van der Waals surface area contributed by atoms with E-state index in [1.54, 1.807) is 35.2 Å². The van der Waals surface area contributed by atoms with Crippen LogP contribution in [0, 0.1) is 17.2 Å². The van der Waals surface area contributed by atoms with Crippen LogP contribution in [0.1, 0.15) is 50.7 Å². The number of ketones is 1. The molecule has 9 nitrogen and oxygen atoms in total. The van der Waals surface area contributed by atoms with Crippen molar-refractivity contribution in [2.75, 3.05) is 25.0 Å². The van der Waals surface area contributed by atoms with Crippen molar-refractivity contribution in [1.29, 1.82) is 0 Å². The molecule has 2 aromatic rings. The van der Waals surface area contributed by atoms with Gasteiger partial charge < -0.3 is 20.8 Å². The van der Waals surface area contributed by atoms with Gasteiger partial charge in [-0.25, -0.2) is 22.8 Å². The van der Waals surface area contributed by atoms with E-state index in [0.29, 0.717) is 35.8 Å². The Morgan fingerprint density at radius 3 is 2.00 bits per heavy atom. The van der Waals surface area contributed by atoms with Crippen LogP contribution < -0.4 is 10.6 Å². The van der Waals surface area contributed by atoms with Crippen molar-refractivity contribution < 1.29 is 68.9 Å². The molecule has 5 rings (SSSR count). The Balaban J connectivity index is 0.000000458. The maximum absolute atomic E-state index is 15.8. The Hall–Kier alpha value is -3.61. The summed E-state index contributed by atoms with van der Waals surface area (Å²) in [6, 6.07) is 8.40. The number of Topliss-reactive ketones (excluding diaryl/α,β-unsaturated/α-hetero) is 1. The number of carbonyl (C=O) groups is 4. The summed E-state index contributed by atoms with van der Waals surface area (Å²) in [5.41, 5.74) is -0.157. The number of hydrogen-bond donors (Lipinski definition) is 4. The van der Waals surface area contributed by atoms with Gasteiger partial charge in [-0.05, 0) is 47.1 Å². The summed E-state index contributed by atoms with van der Waals surface area (Å²) in [4.78, 5) is 47.5. The molecule has 1 spiro atoms. The second kappa shape index (κ2) is 16.4. The van der Waals surface area contributed by atoms with Gasteiger partial charge in [0.1, 0.15) is 11.2 Å². The summed E-state index contributed by atoms with van der Waals surface area (Å²) >= 11 is 12.5. The van der Waals surface area contributed by atoms with Crippen molar-refractivity contribution in [1.82, 2.24) is 10.2 Å². The fourth-order valence-corrected chi connectivity index (χ4v) is 7.12. The Bertz CT molecular complexity index is 1670. The Morgan fingerprint density at radius 2 is 1.51 bits per heavy atom. The zero-order valence-corrected chi connectivity index (χ0v) is 29.5. The third-order valence-corrected chi connectivity index (χ3v) is 9.22. The molecule has 294 valence electrons. The summed E-state index contributed by atoms with van der Waals surface area (Å²) in [6.45, 7) is 6.63. The molecule has 53 heavy (non-hydrogen) atoms. The van der Waals surface area contributed by atoms with Gasteiger partial charge in [-0.15, -0.1) is 0 Å². The van der Waals surface area contributed by atoms with Crippen molar-refractivity contribution in [3.05, 3.63) is 63.4 Å². The van der Waals surface area contributed by atoms with Gasteiger partial charge in [-0.1, -0.05) is 62.2 Å². The molecule has 0 aliphatic carbocycles. The molecule has 4 N–H and O–H groups in total. The normalized spacial score (nSPS) is 23.0. The first kappa shape index (κ1) is 43.8. The Morgan fingerprint density at radius 1 is 0.962 bits per heavy atom. The van der Waals surface area contributed by atoms with E-state index in [1.165, 1.54) is 6.07 Å². The van der Waals surface area contributed by atoms with E-state index in [4.69, 9.17) is 43.0 Å². The molecule has 0 saturated carbocycles. The third kappa shape index (κ3) is 10.3. The highest BCUT2D eigenvalue weighted by atomic mass is 35.5. The molecule has 2 saturated heterocycles. The Labute approximate surface area is 306 Å². The molecular formula is C33H34Cl2F9N3O6. The van der Waals surface area contributed by atoms with Gasteiger partial charge in [0.15, 0.2) is 5.78 Å². The number of alkyl halides is 8. The van der Waals surface area contributed by atoms with Crippen molar-refractivity contribution in [2.24, 2.45) is 11.3 Å². The van der Waals surface area contributed by atoms with E-state index >= 15 is 4.39 Å². The van der Waals surface area contributed by atoms with Gasteiger partial charge in [-0.3, -0.25) is 14.5 Å². The topological polar surface area (TPSA) is 136 Å². The number of likely N-dealkylation sites (tertiary alicyclic amines) is 1. The maximum atomic E-state index is 15.8. The fourth-order valence-electron chi connectivity index (χ4n) is 6.77. The highest BCUT2D eigenvalue weighted by Crippen LogP contribution is 2.57. The van der Waals surface area contributed by atoms with Gasteiger partial charge in [0.25, 0.3) is 6.43 Å². The number of nitrogens with one attached hydrogen (secondary N) is 2. The second-order valence-electron chi connectivity index (χ2n) is 13.8. The van der Waals surface area contributed by atoms with E-state index in [2.05, 4.69) is 10.6 Å². The number of nitrogens with zero attached hydrogens (tertiary/aromatic N) is 1. The number of hydrogen-bond acceptors (Lipinski definition) is 6. The molecule has 20 heteroatoms. The van der Waals surface area contributed by atoms with Crippen LogP contribution in [0.15, 0.2) is 36.4 Å². The first-order valence-corrected chi connectivity index (χ1v) is 16.4. The highest BCUT2D eigenvalue weighted by molar-refractivity contribution is 6.31. The van der Waals surface area contributed by atoms with Crippen molar-refractivity contribution in [3.8, 4) is 0 Å². The number of fused-ring (bicyclic) bond motifs is 2. The number of anilines is 1. The van der Waals surface area contributed by atoms with Crippen molar-refractivity contribution >= 4 is 52.5 Å². The van der Waals surface area contributed by atoms with E-state index < -0.39 is 60.0 Å². The minimum atomic E-state index is -5.08. The first-order chi connectivity index (χ1) is 24.2. The molecule has 0 radical (unpaired) electrons. The van der Waals surface area contributed by atoms with Crippen molar-refractivity contribution in [2.45, 2.75) is 75.8 Å². The number of rotatable bonds is 7. The quantitative estimate of drug-likeness (QED) is 0.214. The zero-order valence-electron chi connectivity index (χ0n) is 28.0. The van der Waals surface area contributed by atoms with Gasteiger partial charge >= 0.3 is 24.3 Å². The first-order valence-electron chi connectivity index (χ1n) is 15.6. The molecule has 0 aromatic heterocycles. The molecule has 0 bridgehead atoms. The predicted molar refractivity (Wildman–Crippen MR) is 174 cm³/mol. The van der Waals surface area contributed by atoms with Crippen molar-refractivity contribution in [3.63, 3.8) is 0 Å². The fraction of sp³-hybridized carbons (Fsp3) is 0.515. The molecule has 4 atom stereocenters. The van der Waals surface area contributed by atoms with Crippen LogP contribution in [0.25, 0.3) is 0 Å². The number of amides is 1. The standard InChI is InChI=1S/C29H32Cl2F3N3O2.2C2HF3O2/c1-28(2,3)11-22-29(18-8-7-16(30)10-20(18)35-27(29)39)24(17-5-4-6-19(31)25(17)34)26(36-22)21(38)9-15-12-37(13-15)14-23(32)33;2*3-2(4,5)1(6)7/h4-8,10,15,22-24,26,36H,9,11-14H2,1-3H3,(H,35,39);2*(H,6,7)/t22-,24+,26+,29+;;/m1../s1. The molecule has 0 unspecified atom stereocenters. The van der Waals surface area contributed by atoms with Gasteiger partial charge in [0.2, 0.25) is 5.91 Å². The van der Waals surface area contributed by atoms with Crippen LogP contribution in [-0.2, 0) is 24.6 Å². The van der Waals surface area contributed by atoms with E-state index in [0.717, 1.165) is 0 Å². The number of carboxylic acid groups (broad SMARTS) is 2. The summed E-state index contributed by atoms with van der Waals surface area (Å²) in [5, 5.41) is 21.0. The van der Waals surface area contributed by atoms with Crippen LogP contribution in [0.2, 0.25) is 10.0 Å². The van der Waals surface area contributed by atoms with Crippen LogP contribution in [0.5, 0.6) is 0 Å². The monoisotopic (exact) mass is 809 g/mol. The lowest BCUT2D eigenvalue weighted by Crippen LogP contribution is -2.50. The average molecular weight is 811 g/mol. The molecule has 2 aromatic carbocycles. The third-order valence-electron chi connectivity index (χ3n) is 8.69. The van der Waals surface area contributed by atoms with E-state index in [9.17, 15) is 44.7 Å². The Kier molecular flexibility index (Phi) is 13.6. The number of halogens is 11. The number of carbonyl (C=O) groups excluding carboxylic acids is 2. The molecular weight excluding hydrogens is 776 g/mol. The highest BCUT2D eigenvalue weighted by Gasteiger charge is 2.66. The van der Waals surface area contributed by atoms with Gasteiger partial charge in [-0.2, -0.15) is 26.3 Å². The number of aliphatic carboxylic acids is 2. The number of carboxylic acids is 2. The SMILES string of the molecule is CC(C)(C)C[C@H]1N[C@@H](C(=O)CC2CN(CC(F)F)C2)[C@H](c2cccc(Cl)c2F)[C@@]12C(=O)Nc1cc(Cl)ccc12.O=C(O)C(F)(F)F.O=C(O)C(F)(F)F. The van der Waals surface area contributed by atoms with Gasteiger partial charge in [0, 0.05) is 42.2 Å². The smallest absolute Gasteiger partial charge is 0.475 e. The summed E-state index contributed by atoms with van der Waals surface area (Å²) < 4.78 is 105. The van der Waals surface area contributed by atoms with Crippen LogP contribution in [0.4, 0.5) is 45.2 Å². The maximum Gasteiger partial charge on any atom is 0.490 e.